The average molecular weight is 327 g/mol. The summed E-state index contributed by atoms with van der Waals surface area (Å²) in [6.45, 7) is 0. The van der Waals surface area contributed by atoms with Crippen molar-refractivity contribution >= 4 is 5.91 Å². The van der Waals surface area contributed by atoms with E-state index >= 15 is 0 Å². The van der Waals surface area contributed by atoms with Crippen LogP contribution < -0.4 is 5.32 Å². The largest absolute Gasteiger partial charge is 0.353 e. The number of carbonyl (C=O) groups is 1. The van der Waals surface area contributed by atoms with Crippen LogP contribution in [0.1, 0.15) is 49.7 Å². The number of aryl methyl sites for hydroxylation is 1. The van der Waals surface area contributed by atoms with Crippen LogP contribution in [0.2, 0.25) is 0 Å². The van der Waals surface area contributed by atoms with Gasteiger partial charge in [0.1, 0.15) is 5.67 Å². The Bertz CT molecular complexity index is 656. The summed E-state index contributed by atoms with van der Waals surface area (Å²) in [5, 5.41) is 3.37. The summed E-state index contributed by atoms with van der Waals surface area (Å²) in [5.74, 6) is 1.63. The van der Waals surface area contributed by atoms with Crippen molar-refractivity contribution in [3.63, 3.8) is 0 Å². The lowest BCUT2D eigenvalue weighted by atomic mass is 9.53. The van der Waals surface area contributed by atoms with Gasteiger partial charge in [0.15, 0.2) is 0 Å². The maximum absolute atomic E-state index is 14.8. The summed E-state index contributed by atoms with van der Waals surface area (Å²) < 4.78 is 14.8. The topological polar surface area (TPSA) is 29.1 Å². The number of hydrogen-bond donors (Lipinski definition) is 1. The molecule has 2 nitrogen and oxygen atoms in total. The molecular weight excluding hydrogens is 301 g/mol. The van der Waals surface area contributed by atoms with E-state index in [9.17, 15) is 9.18 Å². The maximum Gasteiger partial charge on any atom is 0.223 e. The van der Waals surface area contributed by atoms with Crippen LogP contribution in [0.4, 0.5) is 4.39 Å². The molecule has 4 fully saturated rings. The zero-order valence-electron chi connectivity index (χ0n) is 14.1. The fourth-order valence-corrected chi connectivity index (χ4v) is 6.36. The minimum Gasteiger partial charge on any atom is -0.353 e. The van der Waals surface area contributed by atoms with Gasteiger partial charge in [0, 0.05) is 12.0 Å². The first kappa shape index (κ1) is 14.9. The van der Waals surface area contributed by atoms with E-state index in [1.165, 1.54) is 11.1 Å². The van der Waals surface area contributed by atoms with Crippen LogP contribution in [0.25, 0.3) is 0 Å². The average Bonchev–Trinajstić information content (AvgIpc) is 2.56. The van der Waals surface area contributed by atoms with E-state index in [-0.39, 0.29) is 17.9 Å². The van der Waals surface area contributed by atoms with Crippen molar-refractivity contribution in [2.24, 2.45) is 23.7 Å². The molecule has 24 heavy (non-hydrogen) atoms. The van der Waals surface area contributed by atoms with Gasteiger partial charge in [0.25, 0.3) is 0 Å². The van der Waals surface area contributed by atoms with Crippen LogP contribution in [0.15, 0.2) is 24.3 Å². The first-order valence-electron chi connectivity index (χ1n) is 9.66. The first-order valence-corrected chi connectivity index (χ1v) is 9.66. The number of halogens is 1. The van der Waals surface area contributed by atoms with Crippen molar-refractivity contribution in [3.8, 4) is 0 Å². The Morgan fingerprint density at radius 1 is 1.08 bits per heavy atom. The molecule has 2 unspecified atom stereocenters. The zero-order valence-corrected chi connectivity index (χ0v) is 14.1. The summed E-state index contributed by atoms with van der Waals surface area (Å²) in [7, 11) is 0. The lowest BCUT2D eigenvalue weighted by molar-refractivity contribution is -0.133. The standard InChI is InChI=1S/C21H26FNO/c22-21-10-13-7-17(11-21)19(18(8-13)12-21)23-20(24)16-6-5-14-3-1-2-4-15(14)9-16/h1-4,13,16-19H,5-12H2,(H,23,24)/t13?,16?,17-,18+,19+,21+. The second-order valence-corrected chi connectivity index (χ2v) is 8.86. The van der Waals surface area contributed by atoms with Gasteiger partial charge in [-0.05, 0) is 80.2 Å². The number of nitrogens with one attached hydrogen (secondary N) is 1. The van der Waals surface area contributed by atoms with E-state index in [0.717, 1.165) is 38.5 Å². The molecular formula is C21H26FNO. The summed E-state index contributed by atoms with van der Waals surface area (Å²) in [6.07, 6.45) is 7.19. The highest BCUT2D eigenvalue weighted by atomic mass is 19.1. The Balaban J connectivity index is 1.28. The van der Waals surface area contributed by atoms with Crippen LogP contribution in [-0.2, 0) is 17.6 Å². The second-order valence-electron chi connectivity index (χ2n) is 8.86. The van der Waals surface area contributed by atoms with Gasteiger partial charge in [0.05, 0.1) is 0 Å². The van der Waals surface area contributed by atoms with Gasteiger partial charge < -0.3 is 5.32 Å². The lowest BCUT2D eigenvalue weighted by Crippen LogP contribution is -2.61. The van der Waals surface area contributed by atoms with E-state index in [4.69, 9.17) is 0 Å². The molecule has 128 valence electrons. The van der Waals surface area contributed by atoms with Crippen molar-refractivity contribution < 1.29 is 9.18 Å². The molecule has 5 aliphatic rings. The minimum atomic E-state index is -0.915. The number of hydrogen-bond acceptors (Lipinski definition) is 1. The van der Waals surface area contributed by atoms with Crippen molar-refractivity contribution in [2.45, 2.75) is 63.1 Å². The Hall–Kier alpha value is -1.38. The molecule has 6 rings (SSSR count). The van der Waals surface area contributed by atoms with Gasteiger partial charge in [-0.3, -0.25) is 4.79 Å². The van der Waals surface area contributed by atoms with Crippen molar-refractivity contribution in [1.82, 2.24) is 5.32 Å². The number of alkyl halides is 1. The smallest absolute Gasteiger partial charge is 0.223 e. The van der Waals surface area contributed by atoms with Crippen LogP contribution in [0, 0.1) is 23.7 Å². The van der Waals surface area contributed by atoms with Crippen LogP contribution >= 0.6 is 0 Å². The molecule has 1 aromatic carbocycles. The first-order chi connectivity index (χ1) is 11.6. The Labute approximate surface area is 143 Å². The lowest BCUT2D eigenvalue weighted by Gasteiger charge is -2.57. The van der Waals surface area contributed by atoms with Crippen LogP contribution in [0.5, 0.6) is 0 Å². The van der Waals surface area contributed by atoms with E-state index < -0.39 is 5.67 Å². The maximum atomic E-state index is 14.8. The molecule has 1 N–H and O–H groups in total. The summed E-state index contributed by atoms with van der Waals surface area (Å²) in [5.41, 5.74) is 1.81. The zero-order chi connectivity index (χ0) is 16.3. The molecule has 0 saturated heterocycles. The van der Waals surface area contributed by atoms with E-state index in [1.54, 1.807) is 0 Å². The van der Waals surface area contributed by atoms with Crippen LogP contribution in [0.3, 0.4) is 0 Å². The molecule has 0 spiro atoms. The van der Waals surface area contributed by atoms with E-state index in [0.29, 0.717) is 30.6 Å². The number of carbonyl (C=O) groups excluding carboxylic acids is 1. The van der Waals surface area contributed by atoms with Gasteiger partial charge in [-0.15, -0.1) is 0 Å². The summed E-state index contributed by atoms with van der Waals surface area (Å²) >= 11 is 0. The molecule has 0 aliphatic heterocycles. The highest BCUT2D eigenvalue weighted by Gasteiger charge is 2.56. The Morgan fingerprint density at radius 3 is 2.50 bits per heavy atom. The summed E-state index contributed by atoms with van der Waals surface area (Å²) in [6, 6.07) is 8.72. The van der Waals surface area contributed by atoms with Gasteiger partial charge in [0.2, 0.25) is 5.91 Å². The Morgan fingerprint density at radius 2 is 1.79 bits per heavy atom. The van der Waals surface area contributed by atoms with Crippen molar-refractivity contribution in [1.29, 1.82) is 0 Å². The molecule has 3 heteroatoms. The Kier molecular flexibility index (Phi) is 3.30. The number of benzene rings is 1. The number of fused-ring (bicyclic) bond motifs is 1. The van der Waals surface area contributed by atoms with Gasteiger partial charge in [-0.2, -0.15) is 0 Å². The van der Waals surface area contributed by atoms with E-state index in [2.05, 4.69) is 29.6 Å². The quantitative estimate of drug-likeness (QED) is 0.879. The second kappa shape index (κ2) is 5.31. The third-order valence-corrected chi connectivity index (χ3v) is 7.22. The molecule has 0 heterocycles. The molecule has 1 amide bonds. The third kappa shape index (κ3) is 2.39. The van der Waals surface area contributed by atoms with E-state index in [1.807, 2.05) is 0 Å². The van der Waals surface area contributed by atoms with Gasteiger partial charge >= 0.3 is 0 Å². The highest BCUT2D eigenvalue weighted by molar-refractivity contribution is 5.79. The SMILES string of the molecule is O=C(N[C@H]1[C@@H]2CC3C[C@H]1C[C@](F)(C3)C2)C1CCc2ccccc2C1. The molecule has 0 aromatic heterocycles. The fourth-order valence-electron chi connectivity index (χ4n) is 6.36. The van der Waals surface area contributed by atoms with Crippen molar-refractivity contribution in [2.75, 3.05) is 0 Å². The molecule has 6 atom stereocenters. The minimum absolute atomic E-state index is 0.0939. The van der Waals surface area contributed by atoms with Gasteiger partial charge in [-0.1, -0.05) is 24.3 Å². The predicted molar refractivity (Wildman–Crippen MR) is 91.3 cm³/mol. The molecule has 4 saturated carbocycles. The molecule has 5 aliphatic carbocycles. The highest BCUT2D eigenvalue weighted by Crippen LogP contribution is 2.57. The number of amides is 1. The fraction of sp³-hybridized carbons (Fsp3) is 0.667. The third-order valence-electron chi connectivity index (χ3n) is 7.22. The van der Waals surface area contributed by atoms with Crippen molar-refractivity contribution in [3.05, 3.63) is 35.4 Å². The predicted octanol–water partition coefficient (Wildman–Crippen LogP) is 3.82. The summed E-state index contributed by atoms with van der Waals surface area (Å²) in [4.78, 5) is 12.9. The molecule has 4 bridgehead atoms. The molecule has 0 radical (unpaired) electrons. The normalized spacial score (nSPS) is 42.6. The van der Waals surface area contributed by atoms with Crippen LogP contribution in [-0.4, -0.2) is 17.6 Å². The monoisotopic (exact) mass is 327 g/mol. The van der Waals surface area contributed by atoms with Gasteiger partial charge in [-0.25, -0.2) is 4.39 Å². The number of rotatable bonds is 2. The molecule has 1 aromatic rings.